The van der Waals surface area contributed by atoms with Crippen LogP contribution in [0.1, 0.15) is 46.0 Å². The van der Waals surface area contributed by atoms with E-state index < -0.39 is 0 Å². The monoisotopic (exact) mass is 211 g/mol. The van der Waals surface area contributed by atoms with Crippen LogP contribution in [0.5, 0.6) is 0 Å². The van der Waals surface area contributed by atoms with E-state index in [2.05, 4.69) is 19.2 Å². The van der Waals surface area contributed by atoms with Crippen LogP contribution in [0.3, 0.4) is 0 Å². The van der Waals surface area contributed by atoms with Crippen molar-refractivity contribution in [1.82, 2.24) is 5.32 Å². The number of fused-ring (bicyclic) bond motifs is 2. The molecule has 4 unspecified atom stereocenters. The predicted molar refractivity (Wildman–Crippen MR) is 62.7 cm³/mol. The lowest BCUT2D eigenvalue weighted by Gasteiger charge is -2.24. The Balaban J connectivity index is 1.68. The Morgan fingerprint density at radius 3 is 2.60 bits per heavy atom. The van der Waals surface area contributed by atoms with Gasteiger partial charge in [-0.05, 0) is 43.4 Å². The number of aliphatic hydroxyl groups excluding tert-OH is 1. The molecule has 0 aromatic rings. The maximum absolute atomic E-state index is 9.92. The minimum absolute atomic E-state index is 0.128. The maximum Gasteiger partial charge on any atom is 0.0667 e. The second kappa shape index (κ2) is 4.84. The third kappa shape index (κ3) is 2.94. The number of hydrogen-bond donors (Lipinski definition) is 2. The minimum atomic E-state index is -0.128. The van der Waals surface area contributed by atoms with Gasteiger partial charge < -0.3 is 10.4 Å². The Bertz CT molecular complexity index is 205. The fraction of sp³-hybridized carbons (Fsp3) is 1.00. The normalized spacial score (nSPS) is 36.4. The van der Waals surface area contributed by atoms with Crippen molar-refractivity contribution < 1.29 is 5.11 Å². The molecule has 0 aromatic carbocycles. The average Bonchev–Trinajstić information content (AvgIpc) is 2.76. The van der Waals surface area contributed by atoms with Gasteiger partial charge in [0, 0.05) is 12.6 Å². The van der Waals surface area contributed by atoms with Crippen LogP contribution in [-0.4, -0.2) is 23.8 Å². The Hall–Kier alpha value is -0.0800. The highest BCUT2D eigenvalue weighted by atomic mass is 16.3. The van der Waals surface area contributed by atoms with Gasteiger partial charge in [-0.25, -0.2) is 0 Å². The van der Waals surface area contributed by atoms with Crippen molar-refractivity contribution in [2.45, 2.75) is 58.1 Å². The highest BCUT2D eigenvalue weighted by Crippen LogP contribution is 2.49. The zero-order valence-corrected chi connectivity index (χ0v) is 10.1. The first-order chi connectivity index (χ1) is 7.15. The predicted octanol–water partition coefficient (Wildman–Crippen LogP) is 2.17. The lowest BCUT2D eigenvalue weighted by molar-refractivity contribution is 0.121. The molecule has 2 bridgehead atoms. The smallest absolute Gasteiger partial charge is 0.0667 e. The lowest BCUT2D eigenvalue weighted by Crippen LogP contribution is -2.33. The van der Waals surface area contributed by atoms with Gasteiger partial charge in [0.2, 0.25) is 0 Å². The molecular weight excluding hydrogens is 186 g/mol. The van der Waals surface area contributed by atoms with Crippen LogP contribution in [0.4, 0.5) is 0 Å². The van der Waals surface area contributed by atoms with Gasteiger partial charge >= 0.3 is 0 Å². The molecule has 0 amide bonds. The summed E-state index contributed by atoms with van der Waals surface area (Å²) in [5, 5.41) is 13.2. The van der Waals surface area contributed by atoms with Gasteiger partial charge in [0.25, 0.3) is 0 Å². The molecule has 2 heteroatoms. The SMILES string of the molecule is CC(C)NCC(O)CC1CC2CCC1C2. The van der Waals surface area contributed by atoms with Gasteiger partial charge in [0.1, 0.15) is 0 Å². The third-order valence-electron chi connectivity index (χ3n) is 4.22. The molecule has 2 saturated carbocycles. The molecule has 0 spiro atoms. The Kier molecular flexibility index (Phi) is 3.68. The summed E-state index contributed by atoms with van der Waals surface area (Å²) in [4.78, 5) is 0. The van der Waals surface area contributed by atoms with Crippen molar-refractivity contribution >= 4 is 0 Å². The molecule has 0 saturated heterocycles. The topological polar surface area (TPSA) is 32.3 Å². The number of aliphatic hydroxyl groups is 1. The molecule has 88 valence electrons. The van der Waals surface area contributed by atoms with Crippen LogP contribution < -0.4 is 5.32 Å². The van der Waals surface area contributed by atoms with Gasteiger partial charge in [-0.3, -0.25) is 0 Å². The number of rotatable bonds is 5. The minimum Gasteiger partial charge on any atom is -0.392 e. The number of hydrogen-bond acceptors (Lipinski definition) is 2. The van der Waals surface area contributed by atoms with E-state index in [0.717, 1.165) is 30.7 Å². The van der Waals surface area contributed by atoms with Crippen LogP contribution in [0.25, 0.3) is 0 Å². The standard InChI is InChI=1S/C13H25NO/c1-9(2)14-8-13(15)7-12-6-10-3-4-11(12)5-10/h9-15H,3-8H2,1-2H3. The molecule has 0 aromatic heterocycles. The molecule has 4 atom stereocenters. The van der Waals surface area contributed by atoms with Gasteiger partial charge in [0.05, 0.1) is 6.10 Å². The van der Waals surface area contributed by atoms with E-state index in [0.29, 0.717) is 6.04 Å². The van der Waals surface area contributed by atoms with Gasteiger partial charge in [0.15, 0.2) is 0 Å². The zero-order chi connectivity index (χ0) is 10.8. The summed E-state index contributed by atoms with van der Waals surface area (Å²) >= 11 is 0. The van der Waals surface area contributed by atoms with Crippen LogP contribution >= 0.6 is 0 Å². The molecule has 2 fully saturated rings. The number of nitrogens with one attached hydrogen (secondary N) is 1. The maximum atomic E-state index is 9.92. The molecule has 2 aliphatic carbocycles. The van der Waals surface area contributed by atoms with Crippen molar-refractivity contribution in [3.8, 4) is 0 Å². The average molecular weight is 211 g/mol. The first-order valence-electron chi connectivity index (χ1n) is 6.56. The molecule has 0 aliphatic heterocycles. The van der Waals surface area contributed by atoms with E-state index in [1.54, 1.807) is 0 Å². The summed E-state index contributed by atoms with van der Waals surface area (Å²) in [6, 6.07) is 0.486. The largest absolute Gasteiger partial charge is 0.392 e. The van der Waals surface area contributed by atoms with E-state index in [1.165, 1.54) is 25.7 Å². The van der Waals surface area contributed by atoms with Crippen molar-refractivity contribution in [3.63, 3.8) is 0 Å². The van der Waals surface area contributed by atoms with Crippen LogP contribution in [0, 0.1) is 17.8 Å². The van der Waals surface area contributed by atoms with E-state index in [4.69, 9.17) is 0 Å². The van der Waals surface area contributed by atoms with Gasteiger partial charge in [-0.15, -0.1) is 0 Å². The zero-order valence-electron chi connectivity index (χ0n) is 10.1. The second-order valence-corrected chi connectivity index (χ2v) is 5.89. The Labute approximate surface area is 93.5 Å². The second-order valence-electron chi connectivity index (χ2n) is 5.89. The lowest BCUT2D eigenvalue weighted by atomic mass is 9.85. The summed E-state index contributed by atoms with van der Waals surface area (Å²) in [6.45, 7) is 5.03. The van der Waals surface area contributed by atoms with Crippen molar-refractivity contribution in [3.05, 3.63) is 0 Å². The van der Waals surface area contributed by atoms with Crippen LogP contribution in [-0.2, 0) is 0 Å². The summed E-state index contributed by atoms with van der Waals surface area (Å²) in [6.07, 6.45) is 6.64. The fourth-order valence-corrected chi connectivity index (χ4v) is 3.47. The van der Waals surface area contributed by atoms with Gasteiger partial charge in [-0.2, -0.15) is 0 Å². The molecule has 15 heavy (non-hydrogen) atoms. The Morgan fingerprint density at radius 1 is 1.27 bits per heavy atom. The Morgan fingerprint density at radius 2 is 2.07 bits per heavy atom. The third-order valence-corrected chi connectivity index (χ3v) is 4.22. The van der Waals surface area contributed by atoms with E-state index in [1.807, 2.05) is 0 Å². The summed E-state index contributed by atoms with van der Waals surface area (Å²) in [7, 11) is 0. The molecule has 0 heterocycles. The molecule has 2 rings (SSSR count). The van der Waals surface area contributed by atoms with Gasteiger partial charge in [-0.1, -0.05) is 20.3 Å². The van der Waals surface area contributed by atoms with E-state index >= 15 is 0 Å². The first kappa shape index (κ1) is 11.4. The summed E-state index contributed by atoms with van der Waals surface area (Å²) in [5.41, 5.74) is 0. The molecule has 2 aliphatic rings. The van der Waals surface area contributed by atoms with Crippen molar-refractivity contribution in [2.75, 3.05) is 6.54 Å². The van der Waals surface area contributed by atoms with Crippen molar-refractivity contribution in [2.24, 2.45) is 17.8 Å². The highest BCUT2D eigenvalue weighted by molar-refractivity contribution is 4.90. The quantitative estimate of drug-likeness (QED) is 0.730. The summed E-state index contributed by atoms with van der Waals surface area (Å²) in [5.74, 6) is 2.78. The summed E-state index contributed by atoms with van der Waals surface area (Å²) < 4.78 is 0. The highest BCUT2D eigenvalue weighted by Gasteiger charge is 2.39. The van der Waals surface area contributed by atoms with Crippen molar-refractivity contribution in [1.29, 1.82) is 0 Å². The molecular formula is C13H25NO. The van der Waals surface area contributed by atoms with E-state index in [9.17, 15) is 5.11 Å². The molecule has 0 radical (unpaired) electrons. The fourth-order valence-electron chi connectivity index (χ4n) is 3.47. The van der Waals surface area contributed by atoms with E-state index in [-0.39, 0.29) is 6.10 Å². The first-order valence-corrected chi connectivity index (χ1v) is 6.56. The molecule has 2 N–H and O–H groups in total. The van der Waals surface area contributed by atoms with Crippen LogP contribution in [0.15, 0.2) is 0 Å². The van der Waals surface area contributed by atoms with Crippen LogP contribution in [0.2, 0.25) is 0 Å². The molecule has 2 nitrogen and oxygen atoms in total.